The Kier molecular flexibility index (Phi) is 7.01. The normalized spacial score (nSPS) is 12.0. The van der Waals surface area contributed by atoms with Crippen LogP contribution in [-0.4, -0.2) is 43.0 Å². The number of oxazole rings is 1. The topological polar surface area (TPSA) is 111 Å². The lowest BCUT2D eigenvalue weighted by Crippen LogP contribution is -2.26. The lowest BCUT2D eigenvalue weighted by atomic mass is 10.0. The molecular weight excluding hydrogens is 544 g/mol. The van der Waals surface area contributed by atoms with Crippen LogP contribution in [0.15, 0.2) is 73.7 Å². The first-order valence-corrected chi connectivity index (χ1v) is 12.8. The van der Waals surface area contributed by atoms with Gasteiger partial charge in [0.1, 0.15) is 27.3 Å². The first-order chi connectivity index (χ1) is 17.5. The zero-order valence-electron chi connectivity index (χ0n) is 19.5. The van der Waals surface area contributed by atoms with E-state index in [0.29, 0.717) is 29.4 Å². The minimum absolute atomic E-state index is 0.00780. The maximum absolute atomic E-state index is 13.3. The Labute approximate surface area is 219 Å². The minimum atomic E-state index is -0.213. The van der Waals surface area contributed by atoms with Crippen LogP contribution in [0.2, 0.25) is 0 Å². The molecule has 0 fully saturated rings. The predicted octanol–water partition coefficient (Wildman–Crippen LogP) is 5.62. The van der Waals surface area contributed by atoms with E-state index < -0.39 is 0 Å². The molecule has 0 aliphatic rings. The molecule has 11 heteroatoms. The number of carbonyl (C=O) groups is 1. The third-order valence-electron chi connectivity index (χ3n) is 5.43. The Balaban J connectivity index is 1.44. The number of nitrogens with zero attached hydrogens (tertiary/aromatic N) is 6. The number of benzene rings is 1. The lowest BCUT2D eigenvalue weighted by molar-refractivity contribution is 0.0785. The average molecular weight is 565 g/mol. The first kappa shape index (κ1) is 24.0. The smallest absolute Gasteiger partial charge is 0.266 e. The third kappa shape index (κ3) is 5.42. The highest BCUT2D eigenvalue weighted by molar-refractivity contribution is 9.10. The van der Waals surface area contributed by atoms with Gasteiger partial charge in [0.2, 0.25) is 11.8 Å². The molecule has 4 heterocycles. The molecule has 0 aliphatic heterocycles. The number of pyridine rings is 1. The van der Waals surface area contributed by atoms with Crippen molar-refractivity contribution in [1.29, 1.82) is 0 Å². The number of hydrogen-bond acceptors (Lipinski definition) is 9. The highest BCUT2D eigenvalue weighted by Crippen LogP contribution is 2.27. The van der Waals surface area contributed by atoms with Gasteiger partial charge in [-0.15, -0.1) is 21.5 Å². The summed E-state index contributed by atoms with van der Waals surface area (Å²) in [5.41, 5.74) is 2.33. The molecule has 0 unspecified atom stereocenters. The summed E-state index contributed by atoms with van der Waals surface area (Å²) < 4.78 is 12.2. The van der Waals surface area contributed by atoms with Crippen LogP contribution >= 0.6 is 27.3 Å². The van der Waals surface area contributed by atoms with Crippen LogP contribution in [0.25, 0.3) is 23.2 Å². The van der Waals surface area contributed by atoms with Crippen molar-refractivity contribution in [3.8, 4) is 23.2 Å². The molecule has 5 rings (SSSR count). The van der Waals surface area contributed by atoms with E-state index in [1.165, 1.54) is 29.4 Å². The fraction of sp³-hybridized carbons (Fsp3) is 0.200. The van der Waals surface area contributed by atoms with Crippen LogP contribution in [0.4, 0.5) is 0 Å². The molecule has 0 bridgehead atoms. The Bertz CT molecular complexity index is 1470. The van der Waals surface area contributed by atoms with E-state index in [-0.39, 0.29) is 23.6 Å². The van der Waals surface area contributed by atoms with Gasteiger partial charge in [0.15, 0.2) is 0 Å². The van der Waals surface area contributed by atoms with E-state index in [9.17, 15) is 4.79 Å². The molecule has 0 spiro atoms. The van der Waals surface area contributed by atoms with Crippen molar-refractivity contribution in [1.82, 2.24) is 30.0 Å². The Hall–Kier alpha value is -3.70. The van der Waals surface area contributed by atoms with Gasteiger partial charge < -0.3 is 13.7 Å². The Morgan fingerprint density at radius 1 is 1.11 bits per heavy atom. The second-order valence-corrected chi connectivity index (χ2v) is 9.98. The number of thiazole rings is 1. The van der Waals surface area contributed by atoms with Gasteiger partial charge in [0.05, 0.1) is 12.7 Å². The van der Waals surface area contributed by atoms with E-state index in [2.05, 4.69) is 53.2 Å². The first-order valence-electron chi connectivity index (χ1n) is 11.1. The zero-order valence-corrected chi connectivity index (χ0v) is 21.9. The highest BCUT2D eigenvalue weighted by Gasteiger charge is 2.22. The molecule has 36 heavy (non-hydrogen) atoms. The van der Waals surface area contributed by atoms with Gasteiger partial charge in [-0.05, 0) is 40.0 Å². The Morgan fingerprint density at radius 3 is 2.58 bits per heavy atom. The number of halogens is 1. The van der Waals surface area contributed by atoms with Crippen LogP contribution in [0.3, 0.4) is 0 Å². The van der Waals surface area contributed by atoms with Gasteiger partial charge in [0.25, 0.3) is 11.8 Å². The number of rotatable bonds is 8. The van der Waals surface area contributed by atoms with E-state index in [1.54, 1.807) is 24.1 Å². The molecule has 5 aromatic rings. The van der Waals surface area contributed by atoms with Crippen molar-refractivity contribution in [2.75, 3.05) is 7.05 Å². The molecule has 0 radical (unpaired) electrons. The average Bonchev–Trinajstić information content (AvgIpc) is 3.66. The SMILES string of the molecule is C[C@@H](Cc1ccccc1)c1nnc(-c2cc(C(=O)N(C)Cc3nc(Br)cs3)cc(-c3ncco3)n2)o1. The summed E-state index contributed by atoms with van der Waals surface area (Å²) in [4.78, 5) is 28.1. The van der Waals surface area contributed by atoms with Crippen molar-refractivity contribution in [2.24, 2.45) is 0 Å². The summed E-state index contributed by atoms with van der Waals surface area (Å²) in [5, 5.41) is 11.2. The number of hydrogen-bond donors (Lipinski definition) is 0. The second-order valence-electron chi connectivity index (χ2n) is 8.22. The number of carbonyl (C=O) groups excluding carboxylic acids is 1. The summed E-state index contributed by atoms with van der Waals surface area (Å²) >= 11 is 4.82. The van der Waals surface area contributed by atoms with E-state index >= 15 is 0 Å². The summed E-state index contributed by atoms with van der Waals surface area (Å²) in [6.45, 7) is 2.39. The van der Waals surface area contributed by atoms with Crippen LogP contribution in [0.1, 0.15) is 39.7 Å². The van der Waals surface area contributed by atoms with Crippen molar-refractivity contribution in [2.45, 2.75) is 25.8 Å². The van der Waals surface area contributed by atoms with Crippen LogP contribution in [0.5, 0.6) is 0 Å². The van der Waals surface area contributed by atoms with E-state index in [4.69, 9.17) is 8.83 Å². The molecule has 4 aromatic heterocycles. The molecule has 0 saturated heterocycles. The minimum Gasteiger partial charge on any atom is -0.443 e. The second kappa shape index (κ2) is 10.5. The molecule has 0 N–H and O–H groups in total. The number of aromatic nitrogens is 5. The maximum atomic E-state index is 13.3. The maximum Gasteiger partial charge on any atom is 0.266 e. The van der Waals surface area contributed by atoms with Gasteiger partial charge in [-0.2, -0.15) is 0 Å². The number of amides is 1. The summed E-state index contributed by atoms with van der Waals surface area (Å²) in [5.74, 6) is 0.799. The van der Waals surface area contributed by atoms with E-state index in [0.717, 1.165) is 16.0 Å². The summed E-state index contributed by atoms with van der Waals surface area (Å²) in [6.07, 6.45) is 3.73. The van der Waals surface area contributed by atoms with Crippen molar-refractivity contribution in [3.63, 3.8) is 0 Å². The third-order valence-corrected chi connectivity index (χ3v) is 6.98. The molecule has 1 aromatic carbocycles. The highest BCUT2D eigenvalue weighted by atomic mass is 79.9. The molecule has 1 atom stereocenters. The van der Waals surface area contributed by atoms with Crippen molar-refractivity contribution >= 4 is 33.2 Å². The lowest BCUT2D eigenvalue weighted by Gasteiger charge is -2.16. The fourth-order valence-corrected chi connectivity index (χ4v) is 4.99. The quantitative estimate of drug-likeness (QED) is 0.238. The monoisotopic (exact) mass is 564 g/mol. The zero-order chi connectivity index (χ0) is 25.1. The van der Waals surface area contributed by atoms with Crippen molar-refractivity contribution < 1.29 is 13.6 Å². The molecule has 0 aliphatic carbocycles. The molecule has 9 nitrogen and oxygen atoms in total. The largest absolute Gasteiger partial charge is 0.443 e. The van der Waals surface area contributed by atoms with Gasteiger partial charge in [-0.3, -0.25) is 4.79 Å². The molecule has 182 valence electrons. The molecule has 0 saturated carbocycles. The van der Waals surface area contributed by atoms with E-state index in [1.807, 2.05) is 30.5 Å². The van der Waals surface area contributed by atoms with Crippen LogP contribution in [-0.2, 0) is 13.0 Å². The molecule has 1 amide bonds. The fourth-order valence-electron chi connectivity index (χ4n) is 3.67. The van der Waals surface area contributed by atoms with Crippen LogP contribution in [0, 0.1) is 0 Å². The van der Waals surface area contributed by atoms with Gasteiger partial charge in [-0.1, -0.05) is 37.3 Å². The van der Waals surface area contributed by atoms with Gasteiger partial charge in [0, 0.05) is 23.9 Å². The van der Waals surface area contributed by atoms with Gasteiger partial charge >= 0.3 is 0 Å². The predicted molar refractivity (Wildman–Crippen MR) is 137 cm³/mol. The standard InChI is InChI=1S/C25H21BrN6O3S/c1-15(10-16-6-4-3-5-7-16)22-30-31-24(35-22)19-12-17(11-18(28-19)23-27-8-9-34-23)25(33)32(2)13-21-29-20(26)14-36-21/h3-9,11-12,14-15H,10,13H2,1-2H3/t15-/m0/s1. The summed E-state index contributed by atoms with van der Waals surface area (Å²) in [7, 11) is 1.72. The molecular formula is C25H21BrN6O3S. The van der Waals surface area contributed by atoms with Gasteiger partial charge in [-0.25, -0.2) is 15.0 Å². The summed E-state index contributed by atoms with van der Waals surface area (Å²) in [6, 6.07) is 13.4. The van der Waals surface area contributed by atoms with Crippen LogP contribution < -0.4 is 0 Å². The Morgan fingerprint density at radius 2 is 1.89 bits per heavy atom. The van der Waals surface area contributed by atoms with Crippen molar-refractivity contribution in [3.05, 3.63) is 86.9 Å².